The summed E-state index contributed by atoms with van der Waals surface area (Å²) >= 11 is 0. The van der Waals surface area contributed by atoms with Gasteiger partial charge in [-0.05, 0) is 45.1 Å². The highest BCUT2D eigenvalue weighted by Crippen LogP contribution is 2.44. The summed E-state index contributed by atoms with van der Waals surface area (Å²) < 4.78 is 26.4. The molecule has 1 aromatic rings. The molecule has 0 aromatic heterocycles. The second kappa shape index (κ2) is 6.92. The second-order valence-corrected chi connectivity index (χ2v) is 7.35. The standard InChI is InChI=1S/C19H25FN4O3/c1-11-7-8-13-17(24(11)19(25)26-3)15(20)9-14(16-10-23(2)22-21-16)18(13)27-12-5-4-6-12/h9-12,21-22H,4-8H2,1-3H3/t11-/m0/s1. The van der Waals surface area contributed by atoms with Crippen LogP contribution < -0.4 is 20.6 Å². The van der Waals surface area contributed by atoms with E-state index in [0.29, 0.717) is 17.7 Å². The minimum absolute atomic E-state index is 0.136. The van der Waals surface area contributed by atoms with Crippen LogP contribution in [-0.2, 0) is 11.2 Å². The molecule has 0 bridgehead atoms. The number of hydrogen-bond acceptors (Lipinski definition) is 6. The van der Waals surface area contributed by atoms with Gasteiger partial charge in [-0.15, -0.1) is 5.53 Å². The van der Waals surface area contributed by atoms with Crippen molar-refractivity contribution in [2.75, 3.05) is 19.1 Å². The number of carbonyl (C=O) groups excluding carboxylic acids is 1. The van der Waals surface area contributed by atoms with Crippen molar-refractivity contribution >= 4 is 17.5 Å². The monoisotopic (exact) mass is 376 g/mol. The first-order valence-electron chi connectivity index (χ1n) is 9.35. The van der Waals surface area contributed by atoms with E-state index in [1.54, 1.807) is 5.01 Å². The first kappa shape index (κ1) is 17.9. The van der Waals surface area contributed by atoms with Crippen molar-refractivity contribution in [3.8, 4) is 5.75 Å². The predicted molar refractivity (Wildman–Crippen MR) is 99.3 cm³/mol. The average Bonchev–Trinajstić information content (AvgIpc) is 3.04. The maximum Gasteiger partial charge on any atom is 0.414 e. The highest BCUT2D eigenvalue weighted by atomic mass is 19.1. The highest BCUT2D eigenvalue weighted by molar-refractivity contribution is 5.92. The third-order valence-corrected chi connectivity index (χ3v) is 5.48. The largest absolute Gasteiger partial charge is 0.489 e. The lowest BCUT2D eigenvalue weighted by atomic mass is 9.91. The number of halogens is 1. The fourth-order valence-electron chi connectivity index (χ4n) is 3.77. The van der Waals surface area contributed by atoms with Gasteiger partial charge in [0.05, 0.1) is 24.6 Å². The van der Waals surface area contributed by atoms with Gasteiger partial charge >= 0.3 is 6.09 Å². The molecule has 0 saturated heterocycles. The Morgan fingerprint density at radius 3 is 2.70 bits per heavy atom. The summed E-state index contributed by atoms with van der Waals surface area (Å²) in [7, 11) is 3.16. The number of anilines is 1. The fraction of sp³-hybridized carbons (Fsp3) is 0.526. The van der Waals surface area contributed by atoms with Gasteiger partial charge in [-0.1, -0.05) is 0 Å². The smallest absolute Gasteiger partial charge is 0.414 e. The Morgan fingerprint density at radius 1 is 1.33 bits per heavy atom. The van der Waals surface area contributed by atoms with Crippen LogP contribution in [0.15, 0.2) is 12.3 Å². The van der Waals surface area contributed by atoms with Crippen molar-refractivity contribution in [3.05, 3.63) is 29.2 Å². The van der Waals surface area contributed by atoms with Gasteiger partial charge in [0.2, 0.25) is 0 Å². The van der Waals surface area contributed by atoms with E-state index in [-0.39, 0.29) is 17.8 Å². The van der Waals surface area contributed by atoms with Gasteiger partial charge < -0.3 is 14.9 Å². The molecule has 146 valence electrons. The van der Waals surface area contributed by atoms with Crippen LogP contribution in [0, 0.1) is 5.82 Å². The van der Waals surface area contributed by atoms with Crippen LogP contribution in [0.1, 0.15) is 43.7 Å². The summed E-state index contributed by atoms with van der Waals surface area (Å²) in [4.78, 5) is 13.7. The molecule has 4 rings (SSSR count). The average molecular weight is 376 g/mol. The van der Waals surface area contributed by atoms with E-state index in [1.807, 2.05) is 20.2 Å². The summed E-state index contributed by atoms with van der Waals surface area (Å²) in [5.41, 5.74) is 8.40. The van der Waals surface area contributed by atoms with Crippen molar-refractivity contribution in [2.24, 2.45) is 0 Å². The van der Waals surface area contributed by atoms with Crippen LogP contribution in [0.5, 0.6) is 5.75 Å². The summed E-state index contributed by atoms with van der Waals surface area (Å²) in [6.07, 6.45) is 5.92. The molecule has 2 N–H and O–H groups in total. The summed E-state index contributed by atoms with van der Waals surface area (Å²) in [5.74, 6) is 0.211. The number of ether oxygens (including phenoxy) is 2. The maximum atomic E-state index is 15.2. The topological polar surface area (TPSA) is 66.1 Å². The van der Waals surface area contributed by atoms with Gasteiger partial charge in [-0.3, -0.25) is 9.91 Å². The van der Waals surface area contributed by atoms with Gasteiger partial charge in [0.25, 0.3) is 0 Å². The van der Waals surface area contributed by atoms with Crippen LogP contribution in [0.25, 0.3) is 5.70 Å². The van der Waals surface area contributed by atoms with E-state index < -0.39 is 11.9 Å². The number of nitrogens with zero attached hydrogens (tertiary/aromatic N) is 2. The van der Waals surface area contributed by atoms with Gasteiger partial charge in [-0.25, -0.2) is 9.18 Å². The summed E-state index contributed by atoms with van der Waals surface area (Å²) in [6, 6.07) is 1.30. The van der Waals surface area contributed by atoms with E-state index in [0.717, 1.165) is 36.9 Å². The second-order valence-electron chi connectivity index (χ2n) is 7.35. The van der Waals surface area contributed by atoms with Crippen LogP contribution in [0.3, 0.4) is 0 Å². The lowest BCUT2D eigenvalue weighted by molar-refractivity contribution is 0.118. The molecule has 1 fully saturated rings. The Kier molecular flexibility index (Phi) is 4.59. The highest BCUT2D eigenvalue weighted by Gasteiger charge is 2.36. The number of methoxy groups -OCH3 is 1. The molecule has 7 nitrogen and oxygen atoms in total. The molecule has 0 radical (unpaired) electrons. The van der Waals surface area contributed by atoms with Crippen LogP contribution in [0.2, 0.25) is 0 Å². The zero-order valence-electron chi connectivity index (χ0n) is 15.8. The Hall–Kier alpha value is -2.48. The molecule has 0 spiro atoms. The summed E-state index contributed by atoms with van der Waals surface area (Å²) in [6.45, 7) is 1.90. The van der Waals surface area contributed by atoms with Crippen LogP contribution in [-0.4, -0.2) is 37.4 Å². The minimum atomic E-state index is -0.552. The molecule has 1 amide bonds. The van der Waals surface area contributed by atoms with E-state index >= 15 is 4.39 Å². The third-order valence-electron chi connectivity index (χ3n) is 5.48. The molecular weight excluding hydrogens is 351 g/mol. The number of rotatable bonds is 3. The van der Waals surface area contributed by atoms with Crippen molar-refractivity contribution in [2.45, 2.75) is 51.2 Å². The third kappa shape index (κ3) is 3.07. The maximum absolute atomic E-state index is 15.2. The molecule has 1 aromatic carbocycles. The number of hydrazine groups is 2. The predicted octanol–water partition coefficient (Wildman–Crippen LogP) is 2.92. The number of hydrogen-bond donors (Lipinski definition) is 2. The van der Waals surface area contributed by atoms with Crippen molar-refractivity contribution in [1.29, 1.82) is 0 Å². The molecule has 3 aliphatic rings. The number of amides is 1. The van der Waals surface area contributed by atoms with Gasteiger partial charge in [0.1, 0.15) is 11.6 Å². The van der Waals surface area contributed by atoms with Crippen molar-refractivity contribution < 1.29 is 18.7 Å². The molecule has 27 heavy (non-hydrogen) atoms. The van der Waals surface area contributed by atoms with Crippen molar-refractivity contribution in [3.63, 3.8) is 0 Å². The molecule has 1 saturated carbocycles. The number of carbonyl (C=O) groups is 1. The fourth-order valence-corrected chi connectivity index (χ4v) is 3.77. The van der Waals surface area contributed by atoms with Gasteiger partial charge in [0.15, 0.2) is 0 Å². The Bertz CT molecular complexity index is 794. The number of nitrogens with one attached hydrogen (secondary N) is 2. The first-order chi connectivity index (χ1) is 13.0. The minimum Gasteiger partial charge on any atom is -0.489 e. The molecule has 2 aliphatic heterocycles. The first-order valence-corrected chi connectivity index (χ1v) is 9.35. The van der Waals surface area contributed by atoms with E-state index in [1.165, 1.54) is 18.1 Å². The zero-order chi connectivity index (χ0) is 19.1. The molecule has 2 heterocycles. The molecule has 0 unspecified atom stereocenters. The molecule has 8 heteroatoms. The molecule has 1 atom stereocenters. The van der Waals surface area contributed by atoms with Gasteiger partial charge in [0, 0.05) is 30.4 Å². The number of fused-ring (bicyclic) bond motifs is 1. The quantitative estimate of drug-likeness (QED) is 0.846. The zero-order valence-corrected chi connectivity index (χ0v) is 15.8. The van der Waals surface area contributed by atoms with Crippen LogP contribution in [0.4, 0.5) is 14.9 Å². The number of benzene rings is 1. The normalized spacial score (nSPS) is 21.9. The van der Waals surface area contributed by atoms with Gasteiger partial charge in [-0.2, -0.15) is 0 Å². The van der Waals surface area contributed by atoms with E-state index in [2.05, 4.69) is 11.0 Å². The molecule has 1 aliphatic carbocycles. The summed E-state index contributed by atoms with van der Waals surface area (Å²) in [5, 5.41) is 1.75. The Morgan fingerprint density at radius 2 is 2.11 bits per heavy atom. The van der Waals surface area contributed by atoms with Crippen LogP contribution >= 0.6 is 0 Å². The van der Waals surface area contributed by atoms with E-state index in [9.17, 15) is 4.79 Å². The lowest BCUT2D eigenvalue weighted by Crippen LogP contribution is -2.43. The van der Waals surface area contributed by atoms with E-state index in [4.69, 9.17) is 9.47 Å². The van der Waals surface area contributed by atoms with Crippen molar-refractivity contribution in [1.82, 2.24) is 16.0 Å². The Labute approximate surface area is 158 Å². The Balaban J connectivity index is 1.86. The molecular formula is C19H25FN4O3. The lowest BCUT2D eigenvalue weighted by Gasteiger charge is -2.37. The SMILES string of the molecule is COC(=O)N1c2c(F)cc(C3=CN(C)NN3)c(OC3CCC3)c2CC[C@@H]1C.